The van der Waals surface area contributed by atoms with Crippen LogP contribution in [-0.2, 0) is 19.2 Å². The van der Waals surface area contributed by atoms with E-state index < -0.39 is 30.6 Å². The Balaban J connectivity index is 2.70. The molecule has 0 radical (unpaired) electrons. The SMILES string of the molecule is O=C1CC(O)(COO)C(=O)O1. The Morgan fingerprint density at radius 1 is 1.64 bits per heavy atom. The first-order valence-electron chi connectivity index (χ1n) is 2.82. The predicted octanol–water partition coefficient (Wildman–Crippen LogP) is -1.32. The first-order valence-corrected chi connectivity index (χ1v) is 2.82. The van der Waals surface area contributed by atoms with E-state index >= 15 is 0 Å². The zero-order valence-electron chi connectivity index (χ0n) is 5.44. The van der Waals surface area contributed by atoms with Crippen LogP contribution in [0.3, 0.4) is 0 Å². The quantitative estimate of drug-likeness (QED) is 0.226. The highest BCUT2D eigenvalue weighted by Gasteiger charge is 2.48. The van der Waals surface area contributed by atoms with Crippen molar-refractivity contribution >= 4 is 11.9 Å². The fourth-order valence-electron chi connectivity index (χ4n) is 0.762. The van der Waals surface area contributed by atoms with Crippen LogP contribution < -0.4 is 0 Å². The van der Waals surface area contributed by atoms with Crippen molar-refractivity contribution in [2.24, 2.45) is 0 Å². The van der Waals surface area contributed by atoms with E-state index in [1.807, 2.05) is 0 Å². The molecule has 1 aliphatic heterocycles. The summed E-state index contributed by atoms with van der Waals surface area (Å²) in [5.41, 5.74) is -2.01. The molecule has 6 nitrogen and oxygen atoms in total. The molecule has 1 saturated heterocycles. The van der Waals surface area contributed by atoms with E-state index in [0.29, 0.717) is 0 Å². The van der Waals surface area contributed by atoms with Gasteiger partial charge in [-0.25, -0.2) is 9.68 Å². The van der Waals surface area contributed by atoms with Gasteiger partial charge < -0.3 is 9.84 Å². The summed E-state index contributed by atoms with van der Waals surface area (Å²) in [4.78, 5) is 24.6. The maximum absolute atomic E-state index is 10.6. The Kier molecular flexibility index (Phi) is 1.90. The smallest absolute Gasteiger partial charge is 0.348 e. The molecular formula is C5H6O6. The number of aliphatic hydroxyl groups is 1. The summed E-state index contributed by atoms with van der Waals surface area (Å²) < 4.78 is 4.01. The van der Waals surface area contributed by atoms with Gasteiger partial charge in [-0.3, -0.25) is 10.1 Å². The topological polar surface area (TPSA) is 93.1 Å². The lowest BCUT2D eigenvalue weighted by Crippen LogP contribution is -2.38. The van der Waals surface area contributed by atoms with Crippen LogP contribution in [0.2, 0.25) is 0 Å². The van der Waals surface area contributed by atoms with E-state index in [-0.39, 0.29) is 0 Å². The third-order valence-corrected chi connectivity index (χ3v) is 1.33. The number of esters is 2. The molecular weight excluding hydrogens is 156 g/mol. The summed E-state index contributed by atoms with van der Waals surface area (Å²) in [7, 11) is 0. The summed E-state index contributed by atoms with van der Waals surface area (Å²) in [5.74, 6) is -1.91. The Labute approximate surface area is 61.3 Å². The fourth-order valence-corrected chi connectivity index (χ4v) is 0.762. The Morgan fingerprint density at radius 2 is 2.27 bits per heavy atom. The van der Waals surface area contributed by atoms with Gasteiger partial charge in [0.15, 0.2) is 5.60 Å². The molecule has 0 saturated carbocycles. The molecule has 11 heavy (non-hydrogen) atoms. The van der Waals surface area contributed by atoms with E-state index in [0.717, 1.165) is 0 Å². The Bertz CT molecular complexity index is 199. The van der Waals surface area contributed by atoms with Gasteiger partial charge in [-0.05, 0) is 0 Å². The third kappa shape index (κ3) is 1.37. The van der Waals surface area contributed by atoms with Crippen LogP contribution in [-0.4, -0.2) is 34.5 Å². The second-order valence-electron chi connectivity index (χ2n) is 2.24. The Morgan fingerprint density at radius 3 is 2.64 bits per heavy atom. The van der Waals surface area contributed by atoms with Gasteiger partial charge in [0.1, 0.15) is 6.61 Å². The van der Waals surface area contributed by atoms with Crippen LogP contribution in [0, 0.1) is 0 Å². The molecule has 0 aromatic rings. The highest BCUT2D eigenvalue weighted by atomic mass is 17.1. The van der Waals surface area contributed by atoms with Crippen molar-refractivity contribution in [3.63, 3.8) is 0 Å². The van der Waals surface area contributed by atoms with E-state index in [1.165, 1.54) is 0 Å². The number of carbonyl (C=O) groups excluding carboxylic acids is 2. The maximum atomic E-state index is 10.6. The van der Waals surface area contributed by atoms with Gasteiger partial charge >= 0.3 is 11.9 Å². The molecule has 0 spiro atoms. The molecule has 1 heterocycles. The van der Waals surface area contributed by atoms with Gasteiger partial charge in [0, 0.05) is 0 Å². The highest BCUT2D eigenvalue weighted by molar-refractivity contribution is 5.99. The van der Waals surface area contributed by atoms with E-state index in [9.17, 15) is 9.59 Å². The van der Waals surface area contributed by atoms with Crippen molar-refractivity contribution in [2.75, 3.05) is 6.61 Å². The van der Waals surface area contributed by atoms with Crippen LogP contribution in [0.4, 0.5) is 0 Å². The number of cyclic esters (lactones) is 2. The van der Waals surface area contributed by atoms with E-state index in [4.69, 9.17) is 10.4 Å². The number of hydrogen-bond donors (Lipinski definition) is 2. The molecule has 1 aliphatic rings. The highest BCUT2D eigenvalue weighted by Crippen LogP contribution is 2.20. The second kappa shape index (κ2) is 2.57. The Hall–Kier alpha value is -0.980. The van der Waals surface area contributed by atoms with E-state index in [2.05, 4.69) is 9.62 Å². The molecule has 6 heteroatoms. The minimum atomic E-state index is -2.01. The molecule has 0 amide bonds. The van der Waals surface area contributed by atoms with Crippen LogP contribution in [0.5, 0.6) is 0 Å². The lowest BCUT2D eigenvalue weighted by molar-refractivity contribution is -0.268. The van der Waals surface area contributed by atoms with Crippen molar-refractivity contribution in [1.29, 1.82) is 0 Å². The van der Waals surface area contributed by atoms with E-state index in [1.54, 1.807) is 0 Å². The molecule has 0 bridgehead atoms. The molecule has 1 rings (SSSR count). The summed E-state index contributed by atoms with van der Waals surface area (Å²) in [6.07, 6.45) is -0.480. The molecule has 1 unspecified atom stereocenters. The summed E-state index contributed by atoms with van der Waals surface area (Å²) >= 11 is 0. The standard InChI is InChI=1S/C5H6O6/c6-3-1-5(8,2-10-9)4(7)11-3/h8-9H,1-2H2. The molecule has 0 aromatic heterocycles. The number of hydrogen-bond acceptors (Lipinski definition) is 6. The molecule has 1 fully saturated rings. The largest absolute Gasteiger partial charge is 0.391 e. The number of ether oxygens (including phenoxy) is 1. The van der Waals surface area contributed by atoms with Crippen molar-refractivity contribution in [3.05, 3.63) is 0 Å². The molecule has 0 aromatic carbocycles. The maximum Gasteiger partial charge on any atom is 0.348 e. The van der Waals surface area contributed by atoms with Crippen LogP contribution >= 0.6 is 0 Å². The van der Waals surface area contributed by atoms with Crippen LogP contribution in [0.15, 0.2) is 0 Å². The molecule has 2 N–H and O–H groups in total. The van der Waals surface area contributed by atoms with Gasteiger partial charge in [-0.2, -0.15) is 0 Å². The summed E-state index contributed by atoms with van der Waals surface area (Å²) in [5, 5.41) is 17.1. The monoisotopic (exact) mass is 162 g/mol. The second-order valence-corrected chi connectivity index (χ2v) is 2.24. The van der Waals surface area contributed by atoms with Crippen LogP contribution in [0.25, 0.3) is 0 Å². The van der Waals surface area contributed by atoms with Gasteiger partial charge in [-0.1, -0.05) is 0 Å². The first-order chi connectivity index (χ1) is 5.08. The number of carbonyl (C=O) groups is 2. The molecule has 0 aliphatic carbocycles. The summed E-state index contributed by atoms with van der Waals surface area (Å²) in [6, 6.07) is 0. The van der Waals surface area contributed by atoms with Gasteiger partial charge in [0.2, 0.25) is 0 Å². The minimum absolute atomic E-state index is 0.480. The molecule has 1 atom stereocenters. The third-order valence-electron chi connectivity index (χ3n) is 1.33. The average Bonchev–Trinajstić information content (AvgIpc) is 2.08. The van der Waals surface area contributed by atoms with Crippen molar-refractivity contribution in [1.82, 2.24) is 0 Å². The lowest BCUT2D eigenvalue weighted by Gasteiger charge is -2.12. The minimum Gasteiger partial charge on any atom is -0.391 e. The fraction of sp³-hybridized carbons (Fsp3) is 0.600. The number of rotatable bonds is 2. The normalized spacial score (nSPS) is 30.7. The van der Waals surface area contributed by atoms with Gasteiger partial charge in [-0.15, -0.1) is 0 Å². The first kappa shape index (κ1) is 8.12. The average molecular weight is 162 g/mol. The van der Waals surface area contributed by atoms with Gasteiger partial charge in [0.05, 0.1) is 6.42 Å². The summed E-state index contributed by atoms with van der Waals surface area (Å²) in [6.45, 7) is -0.655. The molecule has 62 valence electrons. The van der Waals surface area contributed by atoms with Crippen molar-refractivity contribution < 1.29 is 29.6 Å². The zero-order chi connectivity index (χ0) is 8.48. The van der Waals surface area contributed by atoms with Crippen molar-refractivity contribution in [3.8, 4) is 0 Å². The zero-order valence-corrected chi connectivity index (χ0v) is 5.44. The lowest BCUT2D eigenvalue weighted by atomic mass is 10.0. The van der Waals surface area contributed by atoms with Gasteiger partial charge in [0.25, 0.3) is 0 Å². The van der Waals surface area contributed by atoms with Crippen LogP contribution in [0.1, 0.15) is 6.42 Å². The van der Waals surface area contributed by atoms with Crippen molar-refractivity contribution in [2.45, 2.75) is 12.0 Å². The predicted molar refractivity (Wildman–Crippen MR) is 29.2 cm³/mol.